The van der Waals surface area contributed by atoms with Crippen molar-refractivity contribution in [3.63, 3.8) is 0 Å². The van der Waals surface area contributed by atoms with Gasteiger partial charge in [-0.25, -0.2) is 8.42 Å². The standard InChI is InChI=1S/C18H16N2O5S2/c19-12-14-3-1-13(2-4-14)11-15(18(21)22)16-5-6-17(26-16)27(23,24)20-7-9-25-10-8-20/h1-6,11H,7-10H2,(H,21,22)/p-1/b15-11+. The Hall–Kier alpha value is -2.51. The smallest absolute Gasteiger partial charge is 0.252 e. The molecule has 2 aromatic rings. The Morgan fingerprint density at radius 1 is 1.19 bits per heavy atom. The van der Waals surface area contributed by atoms with Crippen LogP contribution in [-0.4, -0.2) is 45.0 Å². The van der Waals surface area contributed by atoms with Gasteiger partial charge in [-0.3, -0.25) is 0 Å². The number of thiophene rings is 1. The number of morpholine rings is 1. The van der Waals surface area contributed by atoms with Crippen LogP contribution in [0.15, 0.2) is 40.6 Å². The molecule has 0 saturated carbocycles. The molecule has 1 aromatic heterocycles. The van der Waals surface area contributed by atoms with Gasteiger partial charge in [0.2, 0.25) is 0 Å². The number of benzene rings is 1. The number of carboxylic acid groups (broad SMARTS) is 1. The molecule has 0 bridgehead atoms. The second kappa shape index (κ2) is 8.02. The molecule has 140 valence electrons. The normalized spacial score (nSPS) is 16.0. The van der Waals surface area contributed by atoms with Crippen molar-refractivity contribution in [1.82, 2.24) is 4.31 Å². The third-order valence-electron chi connectivity index (χ3n) is 3.98. The number of carboxylic acids is 1. The lowest BCUT2D eigenvalue weighted by Crippen LogP contribution is -2.40. The number of sulfonamides is 1. The van der Waals surface area contributed by atoms with Crippen LogP contribution in [0.25, 0.3) is 11.6 Å². The summed E-state index contributed by atoms with van der Waals surface area (Å²) in [6.07, 6.45) is 1.40. The van der Waals surface area contributed by atoms with Crippen LogP contribution in [0.5, 0.6) is 0 Å². The quantitative estimate of drug-likeness (QED) is 0.687. The van der Waals surface area contributed by atoms with E-state index in [1.807, 2.05) is 6.07 Å². The lowest BCUT2D eigenvalue weighted by molar-refractivity contribution is -0.295. The molecule has 1 fully saturated rings. The van der Waals surface area contributed by atoms with Crippen molar-refractivity contribution in [3.05, 3.63) is 52.4 Å². The van der Waals surface area contributed by atoms with Gasteiger partial charge in [0.15, 0.2) is 0 Å². The summed E-state index contributed by atoms with van der Waals surface area (Å²) in [5.41, 5.74) is 0.907. The van der Waals surface area contributed by atoms with E-state index in [2.05, 4.69) is 0 Å². The summed E-state index contributed by atoms with van der Waals surface area (Å²) in [5.74, 6) is -1.41. The average Bonchev–Trinajstić information content (AvgIpc) is 3.17. The molecule has 0 unspecified atom stereocenters. The second-order valence-corrected chi connectivity index (χ2v) is 8.96. The fourth-order valence-corrected chi connectivity index (χ4v) is 5.44. The second-order valence-electron chi connectivity index (χ2n) is 5.71. The van der Waals surface area contributed by atoms with Crippen molar-refractivity contribution in [1.29, 1.82) is 5.26 Å². The van der Waals surface area contributed by atoms with E-state index in [1.165, 1.54) is 22.5 Å². The first kappa shape index (κ1) is 19.3. The minimum atomic E-state index is -3.69. The van der Waals surface area contributed by atoms with Crippen molar-refractivity contribution in [2.24, 2.45) is 0 Å². The Kier molecular flexibility index (Phi) is 5.72. The lowest BCUT2D eigenvalue weighted by Gasteiger charge is -2.25. The summed E-state index contributed by atoms with van der Waals surface area (Å²) in [6.45, 7) is 1.20. The first-order valence-corrected chi connectivity index (χ1v) is 10.3. The number of hydrogen-bond donors (Lipinski definition) is 0. The molecule has 9 heteroatoms. The van der Waals surface area contributed by atoms with E-state index >= 15 is 0 Å². The SMILES string of the molecule is N#Cc1ccc(/C=C(/C(=O)[O-])c2ccc(S(=O)(=O)N3CCOCC3)s2)cc1. The summed E-state index contributed by atoms with van der Waals surface area (Å²) >= 11 is 0.885. The number of hydrogen-bond acceptors (Lipinski definition) is 7. The number of aliphatic carboxylic acids is 1. The summed E-state index contributed by atoms with van der Waals surface area (Å²) in [6, 6.07) is 11.2. The van der Waals surface area contributed by atoms with Crippen molar-refractivity contribution in [2.45, 2.75) is 4.21 Å². The highest BCUT2D eigenvalue weighted by molar-refractivity contribution is 7.91. The summed E-state index contributed by atoms with van der Waals surface area (Å²) < 4.78 is 32.0. The predicted molar refractivity (Wildman–Crippen MR) is 97.9 cm³/mol. The van der Waals surface area contributed by atoms with E-state index < -0.39 is 16.0 Å². The molecule has 1 aromatic carbocycles. The summed E-state index contributed by atoms with van der Waals surface area (Å²) in [4.78, 5) is 11.9. The van der Waals surface area contributed by atoms with Crippen LogP contribution in [0.4, 0.5) is 0 Å². The van der Waals surface area contributed by atoms with Gasteiger partial charge in [0.1, 0.15) is 4.21 Å². The van der Waals surface area contributed by atoms with E-state index in [0.717, 1.165) is 11.3 Å². The number of carbonyl (C=O) groups is 1. The maximum atomic E-state index is 12.7. The number of carbonyl (C=O) groups excluding carboxylic acids is 1. The molecule has 0 atom stereocenters. The van der Waals surface area contributed by atoms with Crippen LogP contribution >= 0.6 is 11.3 Å². The van der Waals surface area contributed by atoms with Gasteiger partial charge in [0.05, 0.1) is 30.8 Å². The topological polar surface area (TPSA) is 111 Å². The van der Waals surface area contributed by atoms with Crippen LogP contribution in [0.1, 0.15) is 16.0 Å². The zero-order valence-corrected chi connectivity index (χ0v) is 15.8. The van der Waals surface area contributed by atoms with Crippen LogP contribution in [0, 0.1) is 11.3 Å². The number of ether oxygens (including phenoxy) is 1. The summed E-state index contributed by atoms with van der Waals surface area (Å²) in [5, 5.41) is 20.4. The monoisotopic (exact) mass is 403 g/mol. The van der Waals surface area contributed by atoms with Gasteiger partial charge in [-0.15, -0.1) is 11.3 Å². The fourth-order valence-electron chi connectivity index (χ4n) is 2.57. The molecular formula is C18H15N2O5S2-. The van der Waals surface area contributed by atoms with Crippen molar-refractivity contribution in [3.8, 4) is 6.07 Å². The highest BCUT2D eigenvalue weighted by atomic mass is 32.2. The molecule has 0 amide bonds. The number of nitriles is 1. The van der Waals surface area contributed by atoms with Gasteiger partial charge in [-0.2, -0.15) is 9.57 Å². The van der Waals surface area contributed by atoms with Gasteiger partial charge < -0.3 is 14.6 Å². The van der Waals surface area contributed by atoms with Crippen LogP contribution < -0.4 is 5.11 Å². The lowest BCUT2D eigenvalue weighted by atomic mass is 10.1. The Labute approximate surface area is 160 Å². The third-order valence-corrected chi connectivity index (χ3v) is 7.47. The fraction of sp³-hybridized carbons (Fsp3) is 0.222. The molecule has 0 radical (unpaired) electrons. The predicted octanol–water partition coefficient (Wildman–Crippen LogP) is 0.931. The minimum Gasteiger partial charge on any atom is -0.545 e. The first-order valence-electron chi connectivity index (χ1n) is 8.03. The Morgan fingerprint density at radius 3 is 2.44 bits per heavy atom. The maximum absolute atomic E-state index is 12.7. The van der Waals surface area contributed by atoms with Crippen LogP contribution in [0.2, 0.25) is 0 Å². The van der Waals surface area contributed by atoms with Gasteiger partial charge >= 0.3 is 0 Å². The maximum Gasteiger partial charge on any atom is 0.252 e. The van der Waals surface area contributed by atoms with Crippen molar-refractivity contribution in [2.75, 3.05) is 26.3 Å². The molecule has 0 spiro atoms. The zero-order valence-electron chi connectivity index (χ0n) is 14.1. The van der Waals surface area contributed by atoms with Gasteiger partial charge in [-0.1, -0.05) is 12.1 Å². The molecular weight excluding hydrogens is 388 g/mol. The largest absolute Gasteiger partial charge is 0.545 e. The average molecular weight is 403 g/mol. The Bertz CT molecular complexity index is 1010. The number of rotatable bonds is 5. The Balaban J connectivity index is 1.92. The van der Waals surface area contributed by atoms with E-state index in [9.17, 15) is 18.3 Å². The van der Waals surface area contributed by atoms with E-state index in [0.29, 0.717) is 24.3 Å². The van der Waals surface area contributed by atoms with E-state index in [-0.39, 0.29) is 27.7 Å². The molecule has 0 aliphatic carbocycles. The van der Waals surface area contributed by atoms with Gasteiger partial charge in [-0.05, 0) is 35.9 Å². The molecule has 3 rings (SSSR count). The molecule has 1 saturated heterocycles. The molecule has 2 heterocycles. The summed E-state index contributed by atoms with van der Waals surface area (Å²) in [7, 11) is -3.69. The third kappa shape index (κ3) is 4.26. The minimum absolute atomic E-state index is 0.0754. The number of nitrogens with zero attached hydrogens (tertiary/aromatic N) is 2. The van der Waals surface area contributed by atoms with E-state index in [1.54, 1.807) is 24.3 Å². The van der Waals surface area contributed by atoms with Gasteiger partial charge in [0, 0.05) is 23.5 Å². The van der Waals surface area contributed by atoms with Gasteiger partial charge in [0.25, 0.3) is 10.0 Å². The van der Waals surface area contributed by atoms with E-state index in [4.69, 9.17) is 10.00 Å². The molecule has 1 aliphatic heterocycles. The molecule has 27 heavy (non-hydrogen) atoms. The van der Waals surface area contributed by atoms with Crippen LogP contribution in [-0.2, 0) is 19.6 Å². The van der Waals surface area contributed by atoms with Crippen molar-refractivity contribution >= 4 is 39.0 Å². The highest BCUT2D eigenvalue weighted by Gasteiger charge is 2.28. The highest BCUT2D eigenvalue weighted by Crippen LogP contribution is 2.31. The molecule has 1 aliphatic rings. The zero-order chi connectivity index (χ0) is 19.4. The van der Waals surface area contributed by atoms with Crippen LogP contribution in [0.3, 0.4) is 0 Å². The molecule has 7 nitrogen and oxygen atoms in total. The Morgan fingerprint density at radius 2 is 1.85 bits per heavy atom. The van der Waals surface area contributed by atoms with Crippen molar-refractivity contribution < 1.29 is 23.1 Å². The molecule has 0 N–H and O–H groups in total. The first-order chi connectivity index (χ1) is 12.9.